The molecule has 1 rings (SSSR count). The standard InChI is InChI=1S/C13H19ClN2O3/c1-13(2,3)19-12(18)16-7-10(15)8-4-5-11(17)9(14)6-8/h4-6,10,17H,7,15H2,1-3H3,(H,16,18). The van der Waals surface area contributed by atoms with Crippen LogP contribution in [0.2, 0.25) is 5.02 Å². The average molecular weight is 287 g/mol. The summed E-state index contributed by atoms with van der Waals surface area (Å²) in [7, 11) is 0. The highest BCUT2D eigenvalue weighted by Crippen LogP contribution is 2.25. The summed E-state index contributed by atoms with van der Waals surface area (Å²) in [6.07, 6.45) is -0.521. The summed E-state index contributed by atoms with van der Waals surface area (Å²) in [4.78, 5) is 11.5. The number of nitrogens with one attached hydrogen (secondary N) is 1. The van der Waals surface area contributed by atoms with E-state index >= 15 is 0 Å². The SMILES string of the molecule is CC(C)(C)OC(=O)NCC(N)c1ccc(O)c(Cl)c1. The highest BCUT2D eigenvalue weighted by molar-refractivity contribution is 6.32. The molecule has 0 fully saturated rings. The number of hydrogen-bond acceptors (Lipinski definition) is 4. The maximum absolute atomic E-state index is 11.5. The second kappa shape index (κ2) is 6.12. The third-order valence-electron chi connectivity index (χ3n) is 2.27. The summed E-state index contributed by atoms with van der Waals surface area (Å²) < 4.78 is 5.10. The van der Waals surface area contributed by atoms with E-state index < -0.39 is 17.7 Å². The van der Waals surface area contributed by atoms with Gasteiger partial charge in [0, 0.05) is 12.6 Å². The van der Waals surface area contributed by atoms with Gasteiger partial charge < -0.3 is 20.9 Å². The Morgan fingerprint density at radius 3 is 2.68 bits per heavy atom. The van der Waals surface area contributed by atoms with Gasteiger partial charge in [0.15, 0.2) is 0 Å². The zero-order valence-electron chi connectivity index (χ0n) is 11.2. The molecular formula is C13H19ClN2O3. The van der Waals surface area contributed by atoms with Gasteiger partial charge in [0.05, 0.1) is 5.02 Å². The zero-order valence-corrected chi connectivity index (χ0v) is 12.0. The number of amides is 1. The molecule has 0 aliphatic heterocycles. The Morgan fingerprint density at radius 2 is 2.16 bits per heavy atom. The molecule has 0 spiro atoms. The minimum atomic E-state index is -0.546. The van der Waals surface area contributed by atoms with E-state index in [0.29, 0.717) is 0 Å². The lowest BCUT2D eigenvalue weighted by Gasteiger charge is -2.21. The van der Waals surface area contributed by atoms with Gasteiger partial charge in [-0.1, -0.05) is 17.7 Å². The van der Waals surface area contributed by atoms with Crippen molar-refractivity contribution in [3.63, 3.8) is 0 Å². The number of rotatable bonds is 3. The zero-order chi connectivity index (χ0) is 14.6. The lowest BCUT2D eigenvalue weighted by molar-refractivity contribution is 0.0524. The molecule has 4 N–H and O–H groups in total. The summed E-state index contributed by atoms with van der Waals surface area (Å²) in [5.74, 6) is -0.00211. The summed E-state index contributed by atoms with van der Waals surface area (Å²) in [5, 5.41) is 12.1. The number of carbonyl (C=O) groups excluding carboxylic acids is 1. The molecule has 1 atom stereocenters. The predicted molar refractivity (Wildman–Crippen MR) is 74.3 cm³/mol. The number of ether oxygens (including phenoxy) is 1. The number of halogens is 1. The molecule has 1 aromatic carbocycles. The first-order chi connectivity index (χ1) is 8.69. The maximum atomic E-state index is 11.5. The first-order valence-corrected chi connectivity index (χ1v) is 6.27. The minimum Gasteiger partial charge on any atom is -0.506 e. The van der Waals surface area contributed by atoms with E-state index in [4.69, 9.17) is 22.1 Å². The normalized spacial score (nSPS) is 12.9. The molecule has 0 heterocycles. The van der Waals surface area contributed by atoms with Gasteiger partial charge in [-0.25, -0.2) is 4.79 Å². The van der Waals surface area contributed by atoms with Crippen molar-refractivity contribution in [3.8, 4) is 5.75 Å². The van der Waals surface area contributed by atoms with Crippen LogP contribution in [0.4, 0.5) is 4.79 Å². The molecule has 0 saturated carbocycles. The maximum Gasteiger partial charge on any atom is 0.407 e. The highest BCUT2D eigenvalue weighted by atomic mass is 35.5. The number of nitrogens with two attached hydrogens (primary N) is 1. The molecule has 106 valence electrons. The molecule has 19 heavy (non-hydrogen) atoms. The van der Waals surface area contributed by atoms with Gasteiger partial charge in [0.25, 0.3) is 0 Å². The molecule has 1 amide bonds. The van der Waals surface area contributed by atoms with Crippen molar-refractivity contribution in [1.82, 2.24) is 5.32 Å². The van der Waals surface area contributed by atoms with E-state index in [1.807, 2.05) is 0 Å². The quantitative estimate of drug-likeness (QED) is 0.797. The van der Waals surface area contributed by atoms with Crippen LogP contribution < -0.4 is 11.1 Å². The number of phenolic OH excluding ortho intramolecular Hbond substituents is 1. The van der Waals surface area contributed by atoms with E-state index in [1.54, 1.807) is 32.9 Å². The van der Waals surface area contributed by atoms with Gasteiger partial charge in [0.2, 0.25) is 0 Å². The van der Waals surface area contributed by atoms with Crippen molar-refractivity contribution in [2.45, 2.75) is 32.4 Å². The Labute approximate surface area is 117 Å². The molecule has 0 aromatic heterocycles. The summed E-state index contributed by atoms with van der Waals surface area (Å²) in [6.45, 7) is 5.57. The van der Waals surface area contributed by atoms with E-state index in [-0.39, 0.29) is 17.3 Å². The fourth-order valence-corrected chi connectivity index (χ4v) is 1.57. The highest BCUT2D eigenvalue weighted by Gasteiger charge is 2.17. The number of aromatic hydroxyl groups is 1. The number of carbonyl (C=O) groups is 1. The number of phenols is 1. The van der Waals surface area contributed by atoms with Crippen molar-refractivity contribution in [2.24, 2.45) is 5.73 Å². The fraction of sp³-hybridized carbons (Fsp3) is 0.462. The van der Waals surface area contributed by atoms with Crippen LogP contribution >= 0.6 is 11.6 Å². The van der Waals surface area contributed by atoms with Crippen molar-refractivity contribution in [3.05, 3.63) is 28.8 Å². The van der Waals surface area contributed by atoms with Crippen molar-refractivity contribution in [1.29, 1.82) is 0 Å². The fourth-order valence-electron chi connectivity index (χ4n) is 1.38. The van der Waals surface area contributed by atoms with Gasteiger partial charge in [-0.05, 0) is 38.5 Å². The molecule has 5 nitrogen and oxygen atoms in total. The third kappa shape index (κ3) is 5.36. The minimum absolute atomic E-state index is 0.00211. The van der Waals surface area contributed by atoms with Gasteiger partial charge in [-0.3, -0.25) is 0 Å². The molecule has 0 saturated heterocycles. The number of hydrogen-bond donors (Lipinski definition) is 3. The Balaban J connectivity index is 2.53. The molecule has 0 radical (unpaired) electrons. The monoisotopic (exact) mass is 286 g/mol. The summed E-state index contributed by atoms with van der Waals surface area (Å²) in [6, 6.07) is 4.26. The van der Waals surface area contributed by atoms with Crippen LogP contribution in [0, 0.1) is 0 Å². The van der Waals surface area contributed by atoms with Crippen LogP contribution in [0.5, 0.6) is 5.75 Å². The first kappa shape index (κ1) is 15.6. The Morgan fingerprint density at radius 1 is 1.53 bits per heavy atom. The predicted octanol–water partition coefficient (Wildman–Crippen LogP) is 2.57. The first-order valence-electron chi connectivity index (χ1n) is 5.90. The second-order valence-electron chi connectivity index (χ2n) is 5.20. The topological polar surface area (TPSA) is 84.6 Å². The van der Waals surface area contributed by atoms with Crippen LogP contribution in [-0.4, -0.2) is 23.3 Å². The largest absolute Gasteiger partial charge is 0.506 e. The van der Waals surface area contributed by atoms with Gasteiger partial charge in [0.1, 0.15) is 11.4 Å². The smallest absolute Gasteiger partial charge is 0.407 e. The van der Waals surface area contributed by atoms with Crippen LogP contribution in [0.3, 0.4) is 0 Å². The van der Waals surface area contributed by atoms with Crippen molar-refractivity contribution in [2.75, 3.05) is 6.54 Å². The molecule has 1 unspecified atom stereocenters. The van der Waals surface area contributed by atoms with Crippen LogP contribution in [0.15, 0.2) is 18.2 Å². The molecule has 0 aliphatic carbocycles. The molecule has 0 bridgehead atoms. The van der Waals surface area contributed by atoms with Gasteiger partial charge >= 0.3 is 6.09 Å². The Hall–Kier alpha value is -1.46. The average Bonchev–Trinajstić information content (AvgIpc) is 2.27. The van der Waals surface area contributed by atoms with Crippen LogP contribution in [0.1, 0.15) is 32.4 Å². The molecule has 0 aliphatic rings. The van der Waals surface area contributed by atoms with Crippen molar-refractivity contribution < 1.29 is 14.6 Å². The van der Waals surface area contributed by atoms with Gasteiger partial charge in [-0.2, -0.15) is 0 Å². The summed E-state index contributed by atoms with van der Waals surface area (Å²) >= 11 is 5.79. The number of benzene rings is 1. The van der Waals surface area contributed by atoms with E-state index in [9.17, 15) is 9.90 Å². The van der Waals surface area contributed by atoms with Crippen molar-refractivity contribution >= 4 is 17.7 Å². The lowest BCUT2D eigenvalue weighted by atomic mass is 10.1. The number of alkyl carbamates (subject to hydrolysis) is 1. The molecule has 6 heteroatoms. The van der Waals surface area contributed by atoms with Gasteiger partial charge in [-0.15, -0.1) is 0 Å². The Kier molecular flexibility index (Phi) is 5.03. The van der Waals surface area contributed by atoms with E-state index in [0.717, 1.165) is 5.56 Å². The third-order valence-corrected chi connectivity index (χ3v) is 2.57. The second-order valence-corrected chi connectivity index (χ2v) is 5.61. The van der Waals surface area contributed by atoms with E-state index in [2.05, 4.69) is 5.32 Å². The van der Waals surface area contributed by atoms with Crippen LogP contribution in [0.25, 0.3) is 0 Å². The van der Waals surface area contributed by atoms with E-state index in [1.165, 1.54) is 6.07 Å². The summed E-state index contributed by atoms with van der Waals surface area (Å²) in [5.41, 5.74) is 6.09. The lowest BCUT2D eigenvalue weighted by Crippen LogP contribution is -2.36. The van der Waals surface area contributed by atoms with Crippen LogP contribution in [-0.2, 0) is 4.74 Å². The molecular weight excluding hydrogens is 268 g/mol. The molecule has 1 aromatic rings. The Bertz CT molecular complexity index is 458.